The first kappa shape index (κ1) is 20.4. The SMILES string of the molecule is CC[C@@H](C)NC(=O)NC(=O)COC(=O)c1c(-c2ccccc2Cl)noc1C. The molecular formula is C18H20ClN3O5. The number of halogens is 1. The van der Waals surface area contributed by atoms with E-state index in [4.69, 9.17) is 20.9 Å². The van der Waals surface area contributed by atoms with Crippen LogP contribution in [0.4, 0.5) is 4.79 Å². The van der Waals surface area contributed by atoms with Crippen LogP contribution in [0.3, 0.4) is 0 Å². The van der Waals surface area contributed by atoms with E-state index >= 15 is 0 Å². The van der Waals surface area contributed by atoms with Crippen LogP contribution in [0.15, 0.2) is 28.8 Å². The van der Waals surface area contributed by atoms with Gasteiger partial charge >= 0.3 is 12.0 Å². The van der Waals surface area contributed by atoms with Gasteiger partial charge in [-0.05, 0) is 26.3 Å². The quantitative estimate of drug-likeness (QED) is 0.729. The molecule has 8 nitrogen and oxygen atoms in total. The Morgan fingerprint density at radius 2 is 2.00 bits per heavy atom. The summed E-state index contributed by atoms with van der Waals surface area (Å²) in [6.07, 6.45) is 0.716. The molecule has 0 aliphatic heterocycles. The molecule has 9 heteroatoms. The highest BCUT2D eigenvalue weighted by molar-refractivity contribution is 6.33. The lowest BCUT2D eigenvalue weighted by atomic mass is 10.1. The average molecular weight is 394 g/mol. The fourth-order valence-corrected chi connectivity index (χ4v) is 2.40. The number of imide groups is 1. The molecule has 0 unspecified atom stereocenters. The maximum Gasteiger partial charge on any atom is 0.344 e. The lowest BCUT2D eigenvalue weighted by molar-refractivity contribution is -0.123. The van der Waals surface area contributed by atoms with Crippen LogP contribution in [-0.4, -0.2) is 35.7 Å². The second kappa shape index (κ2) is 9.18. The van der Waals surface area contributed by atoms with Gasteiger partial charge < -0.3 is 14.6 Å². The number of carbonyl (C=O) groups excluding carboxylic acids is 3. The smallest absolute Gasteiger partial charge is 0.344 e. The van der Waals surface area contributed by atoms with Gasteiger partial charge in [-0.15, -0.1) is 0 Å². The lowest BCUT2D eigenvalue weighted by Crippen LogP contribution is -2.44. The highest BCUT2D eigenvalue weighted by Crippen LogP contribution is 2.31. The zero-order valence-corrected chi connectivity index (χ0v) is 15.9. The number of esters is 1. The highest BCUT2D eigenvalue weighted by atomic mass is 35.5. The van der Waals surface area contributed by atoms with E-state index in [-0.39, 0.29) is 23.1 Å². The molecule has 1 aromatic carbocycles. The molecule has 0 saturated carbocycles. The minimum absolute atomic E-state index is 0.0694. The summed E-state index contributed by atoms with van der Waals surface area (Å²) in [4.78, 5) is 35.8. The van der Waals surface area contributed by atoms with Crippen LogP contribution < -0.4 is 10.6 Å². The first-order chi connectivity index (χ1) is 12.8. The summed E-state index contributed by atoms with van der Waals surface area (Å²) in [6.45, 7) is 4.62. The molecule has 0 aliphatic rings. The summed E-state index contributed by atoms with van der Waals surface area (Å²) in [6, 6.07) is 6.08. The van der Waals surface area contributed by atoms with Gasteiger partial charge in [0.2, 0.25) is 0 Å². The number of aromatic nitrogens is 1. The molecule has 0 bridgehead atoms. The average Bonchev–Trinajstić information content (AvgIpc) is 3.01. The second-order valence-corrected chi connectivity index (χ2v) is 6.26. The predicted octanol–water partition coefficient (Wildman–Crippen LogP) is 3.08. The third-order valence-electron chi connectivity index (χ3n) is 3.77. The largest absolute Gasteiger partial charge is 0.452 e. The molecule has 2 rings (SSSR count). The van der Waals surface area contributed by atoms with E-state index < -0.39 is 24.5 Å². The third kappa shape index (κ3) is 5.30. The van der Waals surface area contributed by atoms with Crippen molar-refractivity contribution in [2.75, 3.05) is 6.61 Å². The predicted molar refractivity (Wildman–Crippen MR) is 98.4 cm³/mol. The molecule has 0 spiro atoms. The van der Waals surface area contributed by atoms with Crippen molar-refractivity contribution in [3.8, 4) is 11.3 Å². The molecule has 1 atom stereocenters. The van der Waals surface area contributed by atoms with E-state index in [2.05, 4.69) is 15.8 Å². The Bertz CT molecular complexity index is 849. The Labute approximate surface area is 161 Å². The molecule has 144 valence electrons. The monoisotopic (exact) mass is 393 g/mol. The molecule has 0 radical (unpaired) electrons. The molecule has 0 saturated heterocycles. The van der Waals surface area contributed by atoms with Crippen molar-refractivity contribution in [2.24, 2.45) is 0 Å². The van der Waals surface area contributed by atoms with E-state index in [0.717, 1.165) is 0 Å². The topological polar surface area (TPSA) is 111 Å². The van der Waals surface area contributed by atoms with Gasteiger partial charge in [0.05, 0.1) is 5.02 Å². The Hall–Kier alpha value is -2.87. The van der Waals surface area contributed by atoms with Gasteiger partial charge in [-0.2, -0.15) is 0 Å². The van der Waals surface area contributed by atoms with Crippen molar-refractivity contribution in [2.45, 2.75) is 33.2 Å². The third-order valence-corrected chi connectivity index (χ3v) is 4.10. The number of benzene rings is 1. The van der Waals surface area contributed by atoms with Gasteiger partial charge in [-0.3, -0.25) is 10.1 Å². The van der Waals surface area contributed by atoms with Crippen molar-refractivity contribution >= 4 is 29.5 Å². The van der Waals surface area contributed by atoms with Gasteiger partial charge in [-0.25, -0.2) is 9.59 Å². The summed E-state index contributed by atoms with van der Waals surface area (Å²) in [7, 11) is 0. The van der Waals surface area contributed by atoms with Crippen molar-refractivity contribution in [3.05, 3.63) is 40.6 Å². The standard InChI is InChI=1S/C18H20ClN3O5/c1-4-10(2)20-18(25)21-14(23)9-26-17(24)15-11(3)27-22-16(15)12-7-5-6-8-13(12)19/h5-8,10H,4,9H2,1-3H3,(H2,20,21,23,25)/t10-/m1/s1. The summed E-state index contributed by atoms with van der Waals surface area (Å²) < 4.78 is 10.1. The van der Waals surface area contributed by atoms with E-state index in [1.54, 1.807) is 38.1 Å². The van der Waals surface area contributed by atoms with Gasteiger partial charge in [0, 0.05) is 11.6 Å². The summed E-state index contributed by atoms with van der Waals surface area (Å²) >= 11 is 6.14. The number of rotatable bonds is 6. The number of hydrogen-bond donors (Lipinski definition) is 2. The van der Waals surface area contributed by atoms with Crippen LogP contribution in [-0.2, 0) is 9.53 Å². The highest BCUT2D eigenvalue weighted by Gasteiger charge is 2.25. The molecular weight excluding hydrogens is 374 g/mol. The van der Waals surface area contributed by atoms with Crippen LogP contribution in [0.1, 0.15) is 36.4 Å². The van der Waals surface area contributed by atoms with Gasteiger partial charge in [0.1, 0.15) is 17.0 Å². The van der Waals surface area contributed by atoms with Crippen LogP contribution in [0.2, 0.25) is 5.02 Å². The van der Waals surface area contributed by atoms with E-state index in [1.807, 2.05) is 6.92 Å². The van der Waals surface area contributed by atoms with Gasteiger partial charge in [-0.1, -0.05) is 41.9 Å². The number of nitrogens with zero attached hydrogens (tertiary/aromatic N) is 1. The van der Waals surface area contributed by atoms with Crippen molar-refractivity contribution in [1.29, 1.82) is 0 Å². The molecule has 2 aromatic rings. The van der Waals surface area contributed by atoms with Crippen LogP contribution in [0.25, 0.3) is 11.3 Å². The number of ether oxygens (including phenoxy) is 1. The van der Waals surface area contributed by atoms with E-state index in [0.29, 0.717) is 17.0 Å². The second-order valence-electron chi connectivity index (χ2n) is 5.85. The molecule has 1 aromatic heterocycles. The number of carbonyl (C=O) groups is 3. The normalized spacial score (nSPS) is 11.6. The molecule has 0 fully saturated rings. The fraction of sp³-hybridized carbons (Fsp3) is 0.333. The molecule has 3 amide bonds. The molecule has 2 N–H and O–H groups in total. The minimum Gasteiger partial charge on any atom is -0.452 e. The summed E-state index contributed by atoms with van der Waals surface area (Å²) in [5, 5.41) is 8.91. The van der Waals surface area contributed by atoms with Gasteiger partial charge in [0.25, 0.3) is 5.91 Å². The molecule has 0 aliphatic carbocycles. The number of urea groups is 1. The van der Waals surface area contributed by atoms with Crippen LogP contribution >= 0.6 is 11.6 Å². The van der Waals surface area contributed by atoms with E-state index in [9.17, 15) is 14.4 Å². The van der Waals surface area contributed by atoms with Crippen molar-refractivity contribution in [1.82, 2.24) is 15.8 Å². The number of hydrogen-bond acceptors (Lipinski definition) is 6. The Kier molecular flexibility index (Phi) is 6.95. The maximum absolute atomic E-state index is 12.4. The summed E-state index contributed by atoms with van der Waals surface area (Å²) in [5.74, 6) is -1.33. The van der Waals surface area contributed by atoms with Crippen molar-refractivity contribution in [3.63, 3.8) is 0 Å². The Balaban J connectivity index is 2.03. The maximum atomic E-state index is 12.4. The summed E-state index contributed by atoms with van der Waals surface area (Å²) in [5.41, 5.74) is 0.790. The molecule has 27 heavy (non-hydrogen) atoms. The first-order valence-corrected chi connectivity index (χ1v) is 8.69. The van der Waals surface area contributed by atoms with Crippen LogP contribution in [0.5, 0.6) is 0 Å². The Morgan fingerprint density at radius 1 is 1.30 bits per heavy atom. The van der Waals surface area contributed by atoms with Crippen LogP contribution in [0, 0.1) is 6.92 Å². The first-order valence-electron chi connectivity index (χ1n) is 8.32. The number of nitrogens with one attached hydrogen (secondary N) is 2. The lowest BCUT2D eigenvalue weighted by Gasteiger charge is -2.11. The van der Waals surface area contributed by atoms with Crippen molar-refractivity contribution < 1.29 is 23.6 Å². The fourth-order valence-electron chi connectivity index (χ4n) is 2.18. The minimum atomic E-state index is -0.804. The number of amides is 3. The van der Waals surface area contributed by atoms with E-state index in [1.165, 1.54) is 0 Å². The van der Waals surface area contributed by atoms with Gasteiger partial charge in [0.15, 0.2) is 6.61 Å². The molecule has 1 heterocycles. The Morgan fingerprint density at radius 3 is 2.67 bits per heavy atom. The zero-order chi connectivity index (χ0) is 20.0. The number of aryl methyl sites for hydroxylation is 1. The zero-order valence-electron chi connectivity index (χ0n) is 15.2.